The number of hydrogen-bond donors (Lipinski definition) is 10. The van der Waals surface area contributed by atoms with Crippen molar-refractivity contribution < 1.29 is 60.2 Å². The maximum absolute atomic E-state index is 10.1. The molecule has 0 aliphatic carbocycles. The molecule has 0 aromatic heterocycles. The summed E-state index contributed by atoms with van der Waals surface area (Å²) in [5.74, 6) is -0.738. The maximum atomic E-state index is 10.1. The molecule has 6 atom stereocenters. The lowest BCUT2D eigenvalue weighted by atomic mass is 9.89. The third-order valence-corrected chi connectivity index (χ3v) is 12.1. The van der Waals surface area contributed by atoms with Crippen LogP contribution in [0.25, 0.3) is 0 Å². The number of fused-ring (bicyclic) bond motifs is 3. The first-order chi connectivity index (χ1) is 30.7. The molecule has 3 aliphatic heterocycles. The topological polar surface area (TPSA) is 236 Å². The predicted octanol–water partition coefficient (Wildman–Crippen LogP) is 10.9. The van der Waals surface area contributed by atoms with E-state index in [2.05, 4.69) is 0 Å². The van der Waals surface area contributed by atoms with Crippen molar-refractivity contribution in [2.45, 2.75) is 103 Å². The molecule has 65 heavy (non-hydrogen) atoms. The fraction of sp³-hybridized carbons (Fsp3) is 0.308. The van der Waals surface area contributed by atoms with Gasteiger partial charge in [0.25, 0.3) is 0 Å². The van der Waals surface area contributed by atoms with Crippen LogP contribution in [0.15, 0.2) is 103 Å². The Balaban J connectivity index is 0.000000160. The van der Waals surface area contributed by atoms with Gasteiger partial charge in [-0.25, -0.2) is 0 Å². The lowest BCUT2D eigenvalue weighted by Gasteiger charge is -2.32. The highest BCUT2D eigenvalue weighted by molar-refractivity contribution is 5.54. The molecule has 0 fully saturated rings. The van der Waals surface area contributed by atoms with Crippen LogP contribution in [0, 0.1) is 0 Å². The molecule has 3 aliphatic rings. The molecule has 13 nitrogen and oxygen atoms in total. The molecule has 6 unspecified atom stereocenters. The van der Waals surface area contributed by atoms with E-state index in [1.165, 1.54) is 30.3 Å². The van der Waals surface area contributed by atoms with Crippen LogP contribution < -0.4 is 5.73 Å². The maximum Gasteiger partial charge on any atom is 0.161 e. The third kappa shape index (κ3) is 10.1. The highest BCUT2D eigenvalue weighted by Crippen LogP contribution is 2.48. The molecule has 3 heterocycles. The normalized spacial score (nSPS) is 20.5. The van der Waals surface area contributed by atoms with Gasteiger partial charge in [0.05, 0.1) is 36.6 Å². The van der Waals surface area contributed by atoms with E-state index in [4.69, 9.17) is 19.9 Å². The number of nitrogen functional groups attached to an aromatic ring is 1. The van der Waals surface area contributed by atoms with E-state index >= 15 is 0 Å². The number of rotatable bonds is 6. The number of benzene rings is 6. The number of nitrogens with two attached hydrogens (primary N) is 1. The minimum atomic E-state index is -0.364. The zero-order chi connectivity index (χ0) is 45.8. The lowest BCUT2D eigenvalue weighted by Crippen LogP contribution is -2.20. The fourth-order valence-corrected chi connectivity index (χ4v) is 8.71. The van der Waals surface area contributed by atoms with E-state index in [0.717, 1.165) is 58.2 Å². The zero-order valence-corrected chi connectivity index (χ0v) is 35.8. The Morgan fingerprint density at radius 3 is 1.18 bits per heavy atom. The summed E-state index contributed by atoms with van der Waals surface area (Å²) < 4.78 is 18.3. The van der Waals surface area contributed by atoms with Crippen molar-refractivity contribution in [3.8, 4) is 51.7 Å². The molecule has 11 N–H and O–H groups in total. The summed E-state index contributed by atoms with van der Waals surface area (Å²) in [5.41, 5.74) is 14.1. The van der Waals surface area contributed by atoms with Gasteiger partial charge in [0.15, 0.2) is 46.0 Å². The van der Waals surface area contributed by atoms with E-state index in [9.17, 15) is 46.0 Å². The summed E-state index contributed by atoms with van der Waals surface area (Å²) in [6.45, 7) is 6.05. The summed E-state index contributed by atoms with van der Waals surface area (Å²) in [6, 6.07) is 28.9. The van der Waals surface area contributed by atoms with Gasteiger partial charge in [0.1, 0.15) is 5.75 Å². The van der Waals surface area contributed by atoms with Crippen molar-refractivity contribution in [1.82, 2.24) is 0 Å². The van der Waals surface area contributed by atoms with E-state index in [1.807, 2.05) is 69.3 Å². The second kappa shape index (κ2) is 20.4. The molecular formula is C52H59NO12. The van der Waals surface area contributed by atoms with Crippen molar-refractivity contribution >= 4 is 5.69 Å². The van der Waals surface area contributed by atoms with E-state index in [0.29, 0.717) is 36.1 Å². The molecule has 0 saturated heterocycles. The minimum absolute atomic E-state index is 0. The Bertz CT molecular complexity index is 2600. The summed E-state index contributed by atoms with van der Waals surface area (Å²) in [4.78, 5) is 0. The molecule has 0 saturated carbocycles. The SMILES string of the molecule is C.CCC1OC(c2ccc(O)c(O)c2)Cc2c1ccc(O)c2O.CCC1OC(c2ccc(O)cc2)Cc2c1ccc(O)c2O.CCC1OC(c2cccc(N)c2)Cc2c1ccc(O)c2O. The van der Waals surface area contributed by atoms with Gasteiger partial charge in [-0.15, -0.1) is 0 Å². The van der Waals surface area contributed by atoms with E-state index in [-0.39, 0.29) is 95.8 Å². The average Bonchev–Trinajstić information content (AvgIpc) is 3.30. The zero-order valence-electron chi connectivity index (χ0n) is 35.8. The number of anilines is 1. The number of hydrogen-bond acceptors (Lipinski definition) is 13. The van der Waals surface area contributed by atoms with Crippen LogP contribution in [0.3, 0.4) is 0 Å². The molecule has 9 rings (SSSR count). The summed E-state index contributed by atoms with van der Waals surface area (Å²) in [7, 11) is 0. The molecule has 344 valence electrons. The average molecular weight is 890 g/mol. The van der Waals surface area contributed by atoms with Crippen LogP contribution in [0.2, 0.25) is 0 Å². The van der Waals surface area contributed by atoms with Gasteiger partial charge in [0, 0.05) is 41.6 Å². The first kappa shape index (κ1) is 47.7. The Labute approximate surface area is 378 Å². The molecular weight excluding hydrogens is 831 g/mol. The summed E-state index contributed by atoms with van der Waals surface area (Å²) >= 11 is 0. The van der Waals surface area contributed by atoms with Crippen molar-refractivity contribution in [1.29, 1.82) is 0 Å². The van der Waals surface area contributed by atoms with Gasteiger partial charge >= 0.3 is 0 Å². The first-order valence-corrected chi connectivity index (χ1v) is 21.4. The molecule has 13 heteroatoms. The van der Waals surface area contributed by atoms with Gasteiger partial charge in [-0.05, 0) is 107 Å². The van der Waals surface area contributed by atoms with Crippen LogP contribution in [0.5, 0.6) is 51.7 Å². The standard InChI is InChI=1S/C17H19NO3.C17H18O5.C17H18O4.CH4/c1-2-15-12-6-7-14(19)17(20)13(12)9-16(21-15)10-4-3-5-11(18)8-10;1-2-15-10-4-6-13(19)17(21)11(10)8-16(22-15)9-3-5-12(18)14(20)7-9;1-2-15-12-7-8-14(19)17(20)13(12)9-16(21-15)10-3-5-11(18)6-4-10;/h3-8,15-16,19-20H,2,9,18H2,1H3;3-7,15-16,18-21H,2,8H2,1H3;3-8,15-16,18-20H,2,9H2,1H3;1H4. The van der Waals surface area contributed by atoms with E-state index in [1.54, 1.807) is 24.3 Å². The summed E-state index contributed by atoms with van der Waals surface area (Å²) in [5, 5.41) is 88.0. The van der Waals surface area contributed by atoms with Crippen molar-refractivity contribution in [2.24, 2.45) is 0 Å². The van der Waals surface area contributed by atoms with E-state index < -0.39 is 0 Å². The Morgan fingerprint density at radius 1 is 0.431 bits per heavy atom. The van der Waals surface area contributed by atoms with Gasteiger partial charge < -0.3 is 65.9 Å². The number of ether oxygens (including phenoxy) is 3. The first-order valence-electron chi connectivity index (χ1n) is 21.4. The second-order valence-corrected chi connectivity index (χ2v) is 16.2. The molecule has 0 amide bonds. The fourth-order valence-electron chi connectivity index (χ4n) is 8.71. The van der Waals surface area contributed by atoms with Crippen molar-refractivity contribution in [3.05, 3.63) is 153 Å². The Kier molecular flexibility index (Phi) is 14.9. The second-order valence-electron chi connectivity index (χ2n) is 16.2. The molecule has 0 radical (unpaired) electrons. The van der Waals surface area contributed by atoms with Crippen LogP contribution in [0.4, 0.5) is 5.69 Å². The molecule has 6 aromatic rings. The van der Waals surface area contributed by atoms with Crippen molar-refractivity contribution in [2.75, 3.05) is 5.73 Å². The molecule has 0 spiro atoms. The molecule has 0 bridgehead atoms. The van der Waals surface area contributed by atoms with Gasteiger partial charge in [-0.3, -0.25) is 0 Å². The monoisotopic (exact) mass is 889 g/mol. The van der Waals surface area contributed by atoms with Gasteiger partial charge in [0.2, 0.25) is 0 Å². The Morgan fingerprint density at radius 2 is 0.800 bits per heavy atom. The minimum Gasteiger partial charge on any atom is -0.508 e. The number of phenolic OH excluding ortho intramolecular Hbond substituents is 9. The predicted molar refractivity (Wildman–Crippen MR) is 246 cm³/mol. The highest BCUT2D eigenvalue weighted by Gasteiger charge is 2.33. The number of aromatic hydroxyl groups is 9. The van der Waals surface area contributed by atoms with Crippen LogP contribution in [0.1, 0.15) is 134 Å². The van der Waals surface area contributed by atoms with Crippen molar-refractivity contribution in [3.63, 3.8) is 0 Å². The van der Waals surface area contributed by atoms with Gasteiger partial charge in [-0.2, -0.15) is 0 Å². The summed E-state index contributed by atoms with van der Waals surface area (Å²) in [6.07, 6.45) is 2.58. The molecule has 6 aromatic carbocycles. The highest BCUT2D eigenvalue weighted by atomic mass is 16.5. The third-order valence-electron chi connectivity index (χ3n) is 12.1. The van der Waals surface area contributed by atoms with Crippen LogP contribution in [-0.2, 0) is 33.5 Å². The smallest absolute Gasteiger partial charge is 0.161 e. The largest absolute Gasteiger partial charge is 0.508 e. The number of phenols is 9. The Hall–Kier alpha value is -6.80. The van der Waals surface area contributed by atoms with Crippen LogP contribution >= 0.6 is 0 Å². The quantitative estimate of drug-likeness (QED) is 0.0554. The lowest BCUT2D eigenvalue weighted by molar-refractivity contribution is -0.0301. The van der Waals surface area contributed by atoms with Crippen LogP contribution in [-0.4, -0.2) is 46.0 Å². The van der Waals surface area contributed by atoms with Gasteiger partial charge in [-0.1, -0.05) is 76.7 Å².